The number of hydrogen-bond acceptors (Lipinski definition) is 2. The molecule has 2 aromatic rings. The first kappa shape index (κ1) is 10.9. The predicted molar refractivity (Wildman–Crippen MR) is 51.8 cm³/mol. The Labute approximate surface area is 93.3 Å². The van der Waals surface area contributed by atoms with Crippen molar-refractivity contribution in [3.8, 4) is 11.4 Å². The van der Waals surface area contributed by atoms with Gasteiger partial charge in [-0.1, -0.05) is 23.7 Å². The number of aromatic amines is 1. The van der Waals surface area contributed by atoms with Gasteiger partial charge in [-0.05, 0) is 12.1 Å². The Bertz CT molecular complexity index is 507. The Morgan fingerprint density at radius 1 is 1.19 bits per heavy atom. The highest BCUT2D eigenvalue weighted by Gasteiger charge is 2.35. The fraction of sp³-hybridized carbons (Fsp3) is 0.111. The molecule has 0 amide bonds. The molecule has 0 bridgehead atoms. The summed E-state index contributed by atoms with van der Waals surface area (Å²) < 4.78 is 36.8. The van der Waals surface area contributed by atoms with Crippen molar-refractivity contribution < 1.29 is 13.2 Å². The summed E-state index contributed by atoms with van der Waals surface area (Å²) in [7, 11) is 0. The zero-order chi connectivity index (χ0) is 11.8. The average molecular weight is 248 g/mol. The standard InChI is InChI=1S/C9H5ClF3N3/c10-6-4-2-1-3-5(6)7-14-8(16-15-7)9(11,12)13/h1-4H,(H,14,15,16). The maximum Gasteiger partial charge on any atom is 0.451 e. The van der Waals surface area contributed by atoms with Crippen LogP contribution in [-0.2, 0) is 6.18 Å². The van der Waals surface area contributed by atoms with E-state index in [2.05, 4.69) is 10.1 Å². The molecule has 0 aliphatic carbocycles. The summed E-state index contributed by atoms with van der Waals surface area (Å²) in [4.78, 5) is 3.34. The average Bonchev–Trinajstić information content (AvgIpc) is 2.66. The molecule has 1 N–H and O–H groups in total. The molecule has 0 saturated heterocycles. The van der Waals surface area contributed by atoms with Crippen molar-refractivity contribution in [2.24, 2.45) is 0 Å². The Morgan fingerprint density at radius 2 is 1.88 bits per heavy atom. The molecule has 1 heterocycles. The highest BCUT2D eigenvalue weighted by molar-refractivity contribution is 6.33. The fourth-order valence-corrected chi connectivity index (χ4v) is 1.37. The predicted octanol–water partition coefficient (Wildman–Crippen LogP) is 3.14. The van der Waals surface area contributed by atoms with Crippen molar-refractivity contribution >= 4 is 11.6 Å². The van der Waals surface area contributed by atoms with Crippen LogP contribution in [0.5, 0.6) is 0 Å². The Kier molecular flexibility index (Phi) is 2.59. The minimum atomic E-state index is -4.54. The molecule has 1 aromatic carbocycles. The van der Waals surface area contributed by atoms with Gasteiger partial charge in [0.1, 0.15) is 0 Å². The van der Waals surface area contributed by atoms with Crippen LogP contribution in [0.25, 0.3) is 11.4 Å². The van der Waals surface area contributed by atoms with Gasteiger partial charge in [-0.3, -0.25) is 5.10 Å². The maximum absolute atomic E-state index is 12.3. The molecular formula is C9H5ClF3N3. The van der Waals surface area contributed by atoms with Crippen LogP contribution in [-0.4, -0.2) is 15.2 Å². The third-order valence-corrected chi connectivity index (χ3v) is 2.20. The summed E-state index contributed by atoms with van der Waals surface area (Å²) in [5, 5.41) is 5.60. The van der Waals surface area contributed by atoms with Crippen LogP contribution in [0.15, 0.2) is 24.3 Å². The van der Waals surface area contributed by atoms with Crippen molar-refractivity contribution in [2.75, 3.05) is 0 Å². The molecule has 0 aliphatic heterocycles. The van der Waals surface area contributed by atoms with Crippen LogP contribution in [0.2, 0.25) is 5.02 Å². The van der Waals surface area contributed by atoms with Gasteiger partial charge in [0.2, 0.25) is 5.82 Å². The largest absolute Gasteiger partial charge is 0.451 e. The fourth-order valence-electron chi connectivity index (χ4n) is 1.15. The number of alkyl halides is 3. The number of hydrogen-bond donors (Lipinski definition) is 1. The van der Waals surface area contributed by atoms with E-state index in [1.807, 2.05) is 5.10 Å². The molecule has 16 heavy (non-hydrogen) atoms. The zero-order valence-corrected chi connectivity index (χ0v) is 8.47. The minimum absolute atomic E-state index is 0.0714. The third-order valence-electron chi connectivity index (χ3n) is 1.87. The first-order valence-electron chi connectivity index (χ1n) is 4.23. The second kappa shape index (κ2) is 3.79. The van der Waals surface area contributed by atoms with Gasteiger partial charge in [-0.15, -0.1) is 0 Å². The van der Waals surface area contributed by atoms with Gasteiger partial charge >= 0.3 is 6.18 Å². The van der Waals surface area contributed by atoms with E-state index < -0.39 is 12.0 Å². The van der Waals surface area contributed by atoms with Crippen molar-refractivity contribution in [1.82, 2.24) is 15.2 Å². The van der Waals surface area contributed by atoms with Crippen LogP contribution < -0.4 is 0 Å². The van der Waals surface area contributed by atoms with Gasteiger partial charge in [0.05, 0.1) is 5.02 Å². The zero-order valence-electron chi connectivity index (χ0n) is 7.72. The maximum atomic E-state index is 12.3. The highest BCUT2D eigenvalue weighted by Crippen LogP contribution is 2.29. The first-order chi connectivity index (χ1) is 7.48. The van der Waals surface area contributed by atoms with E-state index in [-0.39, 0.29) is 5.82 Å². The van der Waals surface area contributed by atoms with Gasteiger partial charge in [0.25, 0.3) is 0 Å². The summed E-state index contributed by atoms with van der Waals surface area (Å²) >= 11 is 5.81. The van der Waals surface area contributed by atoms with Crippen molar-refractivity contribution in [2.45, 2.75) is 6.18 Å². The summed E-state index contributed by atoms with van der Waals surface area (Å²) in [5.41, 5.74) is 0.357. The van der Waals surface area contributed by atoms with Crippen molar-refractivity contribution in [1.29, 1.82) is 0 Å². The third kappa shape index (κ3) is 2.01. The molecule has 7 heteroatoms. The first-order valence-corrected chi connectivity index (χ1v) is 4.61. The summed E-state index contributed by atoms with van der Waals surface area (Å²) in [6.07, 6.45) is -4.54. The van der Waals surface area contributed by atoms with Crippen LogP contribution in [0, 0.1) is 0 Å². The van der Waals surface area contributed by atoms with E-state index >= 15 is 0 Å². The number of H-pyrrole nitrogens is 1. The lowest BCUT2D eigenvalue weighted by Gasteiger charge is -1.99. The Morgan fingerprint density at radius 3 is 2.44 bits per heavy atom. The quantitative estimate of drug-likeness (QED) is 0.841. The molecule has 2 rings (SSSR count). The van der Waals surface area contributed by atoms with Gasteiger partial charge in [-0.25, -0.2) is 4.98 Å². The van der Waals surface area contributed by atoms with Gasteiger partial charge in [0, 0.05) is 5.56 Å². The lowest BCUT2D eigenvalue weighted by Crippen LogP contribution is -2.07. The number of nitrogens with zero attached hydrogens (tertiary/aromatic N) is 2. The number of rotatable bonds is 1. The molecule has 0 saturated carbocycles. The lowest BCUT2D eigenvalue weighted by molar-refractivity contribution is -0.144. The normalized spacial score (nSPS) is 11.8. The van der Waals surface area contributed by atoms with Crippen LogP contribution in [0.4, 0.5) is 13.2 Å². The second-order valence-electron chi connectivity index (χ2n) is 2.99. The molecule has 0 atom stereocenters. The SMILES string of the molecule is FC(F)(F)c1nc(-c2ccccc2Cl)n[nH]1. The van der Waals surface area contributed by atoms with Crippen molar-refractivity contribution in [3.63, 3.8) is 0 Å². The van der Waals surface area contributed by atoms with E-state index in [1.54, 1.807) is 24.3 Å². The smallest absolute Gasteiger partial charge is 0.255 e. The summed E-state index contributed by atoms with van der Waals surface area (Å²) in [6, 6.07) is 6.42. The molecule has 0 aliphatic rings. The molecule has 84 valence electrons. The molecular weight excluding hydrogens is 243 g/mol. The topological polar surface area (TPSA) is 41.6 Å². The Balaban J connectivity index is 2.44. The summed E-state index contributed by atoms with van der Waals surface area (Å²) in [6.45, 7) is 0. The Hall–Kier alpha value is -1.56. The molecule has 0 spiro atoms. The lowest BCUT2D eigenvalue weighted by atomic mass is 10.2. The van der Waals surface area contributed by atoms with Gasteiger partial charge in [-0.2, -0.15) is 18.3 Å². The monoisotopic (exact) mass is 247 g/mol. The van der Waals surface area contributed by atoms with Crippen molar-refractivity contribution in [3.05, 3.63) is 35.1 Å². The summed E-state index contributed by atoms with van der Waals surface area (Å²) in [5.74, 6) is -1.21. The van der Waals surface area contributed by atoms with E-state index in [0.29, 0.717) is 10.6 Å². The second-order valence-corrected chi connectivity index (χ2v) is 3.39. The van der Waals surface area contributed by atoms with Gasteiger partial charge < -0.3 is 0 Å². The molecule has 0 radical (unpaired) electrons. The highest BCUT2D eigenvalue weighted by atomic mass is 35.5. The molecule has 0 fully saturated rings. The number of halogens is 4. The number of aromatic nitrogens is 3. The van der Waals surface area contributed by atoms with Crippen LogP contribution >= 0.6 is 11.6 Å². The molecule has 0 unspecified atom stereocenters. The molecule has 1 aromatic heterocycles. The number of nitrogens with one attached hydrogen (secondary N) is 1. The van der Waals surface area contributed by atoms with E-state index in [1.165, 1.54) is 0 Å². The minimum Gasteiger partial charge on any atom is -0.255 e. The van der Waals surface area contributed by atoms with E-state index in [0.717, 1.165) is 0 Å². The van der Waals surface area contributed by atoms with Gasteiger partial charge in [0.15, 0.2) is 5.82 Å². The number of benzene rings is 1. The molecule has 3 nitrogen and oxygen atoms in total. The van der Waals surface area contributed by atoms with E-state index in [9.17, 15) is 13.2 Å². The van der Waals surface area contributed by atoms with Crippen LogP contribution in [0.1, 0.15) is 5.82 Å². The van der Waals surface area contributed by atoms with E-state index in [4.69, 9.17) is 11.6 Å². The van der Waals surface area contributed by atoms with Crippen LogP contribution in [0.3, 0.4) is 0 Å².